The van der Waals surface area contributed by atoms with E-state index in [0.717, 1.165) is 37.5 Å². The topological polar surface area (TPSA) is 30.7 Å². The molecule has 0 unspecified atom stereocenters. The zero-order valence-electron chi connectivity index (χ0n) is 11.1. The number of hydrogen-bond acceptors (Lipinski definition) is 2. The Kier molecular flexibility index (Phi) is 3.56. The van der Waals surface area contributed by atoms with E-state index in [2.05, 4.69) is 46.0 Å². The zero-order chi connectivity index (χ0) is 13.2. The van der Waals surface area contributed by atoms with Crippen molar-refractivity contribution >= 4 is 11.6 Å². The van der Waals surface area contributed by atoms with Crippen molar-refractivity contribution < 1.29 is 0 Å². The Morgan fingerprint density at radius 2 is 1.89 bits per heavy atom. The molecule has 100 valence electrons. The van der Waals surface area contributed by atoms with Gasteiger partial charge in [0.2, 0.25) is 0 Å². The maximum Gasteiger partial charge on any atom is 0.147 e. The standard InChI is InChI=1S/C15H18ClN3/c1-2-7-19-14(10-16)17-18-15(19)13-8-11-5-3-4-6-12(11)9-13/h3-6,13H,2,7-10H2,1H3. The van der Waals surface area contributed by atoms with Gasteiger partial charge in [-0.3, -0.25) is 0 Å². The first-order valence-electron chi connectivity index (χ1n) is 6.88. The first kappa shape index (κ1) is 12.7. The van der Waals surface area contributed by atoms with Gasteiger partial charge in [-0.25, -0.2) is 0 Å². The normalized spacial score (nSPS) is 14.8. The number of rotatable bonds is 4. The average Bonchev–Trinajstić information content (AvgIpc) is 3.01. The predicted molar refractivity (Wildman–Crippen MR) is 76.5 cm³/mol. The maximum absolute atomic E-state index is 5.95. The Hall–Kier alpha value is -1.35. The summed E-state index contributed by atoms with van der Waals surface area (Å²) in [6.45, 7) is 3.13. The van der Waals surface area contributed by atoms with Gasteiger partial charge in [0.25, 0.3) is 0 Å². The molecule has 0 radical (unpaired) electrons. The van der Waals surface area contributed by atoms with E-state index >= 15 is 0 Å². The van der Waals surface area contributed by atoms with Crippen molar-refractivity contribution in [1.82, 2.24) is 14.8 Å². The Morgan fingerprint density at radius 3 is 2.47 bits per heavy atom. The lowest BCUT2D eigenvalue weighted by molar-refractivity contribution is 0.570. The molecule has 0 aliphatic heterocycles. The number of fused-ring (bicyclic) bond motifs is 1. The summed E-state index contributed by atoms with van der Waals surface area (Å²) < 4.78 is 2.21. The van der Waals surface area contributed by atoms with E-state index in [1.807, 2.05) is 0 Å². The molecule has 0 N–H and O–H groups in total. The van der Waals surface area contributed by atoms with Crippen molar-refractivity contribution in [3.8, 4) is 0 Å². The van der Waals surface area contributed by atoms with Crippen molar-refractivity contribution in [3.05, 3.63) is 47.0 Å². The van der Waals surface area contributed by atoms with E-state index in [0.29, 0.717) is 11.8 Å². The van der Waals surface area contributed by atoms with Crippen molar-refractivity contribution in [1.29, 1.82) is 0 Å². The molecule has 0 fully saturated rings. The van der Waals surface area contributed by atoms with Crippen LogP contribution in [0.5, 0.6) is 0 Å². The van der Waals surface area contributed by atoms with E-state index < -0.39 is 0 Å². The second kappa shape index (κ2) is 5.33. The summed E-state index contributed by atoms with van der Waals surface area (Å²) in [4.78, 5) is 0. The SMILES string of the molecule is CCCn1c(CCl)nnc1C1Cc2ccccc2C1. The van der Waals surface area contributed by atoms with Crippen LogP contribution in [0.1, 0.15) is 42.0 Å². The number of hydrogen-bond donors (Lipinski definition) is 0. The van der Waals surface area contributed by atoms with Gasteiger partial charge in [-0.2, -0.15) is 0 Å². The summed E-state index contributed by atoms with van der Waals surface area (Å²) in [5, 5.41) is 8.64. The van der Waals surface area contributed by atoms with Crippen LogP contribution in [0.2, 0.25) is 0 Å². The fourth-order valence-corrected chi connectivity index (χ4v) is 3.16. The summed E-state index contributed by atoms with van der Waals surface area (Å²) in [6.07, 6.45) is 3.22. The molecule has 3 rings (SSSR count). The van der Waals surface area contributed by atoms with Crippen LogP contribution in [0.15, 0.2) is 24.3 Å². The molecule has 2 aromatic rings. The van der Waals surface area contributed by atoms with Crippen LogP contribution < -0.4 is 0 Å². The molecule has 3 nitrogen and oxygen atoms in total. The molecular formula is C15H18ClN3. The second-order valence-corrected chi connectivity index (χ2v) is 5.40. The van der Waals surface area contributed by atoms with Crippen molar-refractivity contribution in [2.75, 3.05) is 0 Å². The maximum atomic E-state index is 5.95. The quantitative estimate of drug-likeness (QED) is 0.802. The fourth-order valence-electron chi connectivity index (χ4n) is 2.96. The molecule has 1 aliphatic carbocycles. The van der Waals surface area contributed by atoms with Crippen LogP contribution >= 0.6 is 11.6 Å². The highest BCUT2D eigenvalue weighted by Crippen LogP contribution is 2.33. The molecule has 0 bridgehead atoms. The third kappa shape index (κ3) is 2.27. The molecular weight excluding hydrogens is 258 g/mol. The highest BCUT2D eigenvalue weighted by Gasteiger charge is 2.27. The number of benzene rings is 1. The third-order valence-electron chi connectivity index (χ3n) is 3.84. The van der Waals surface area contributed by atoms with E-state index in [1.165, 1.54) is 11.1 Å². The molecule has 0 spiro atoms. The Labute approximate surface area is 118 Å². The Bertz CT molecular complexity index is 552. The molecule has 0 saturated heterocycles. The molecule has 1 aromatic carbocycles. The van der Waals surface area contributed by atoms with Crippen LogP contribution in [-0.2, 0) is 25.3 Å². The lowest BCUT2D eigenvalue weighted by Gasteiger charge is -2.12. The Morgan fingerprint density at radius 1 is 1.21 bits per heavy atom. The van der Waals surface area contributed by atoms with E-state index in [9.17, 15) is 0 Å². The first-order valence-corrected chi connectivity index (χ1v) is 7.41. The minimum Gasteiger partial charge on any atom is -0.314 e. The summed E-state index contributed by atoms with van der Waals surface area (Å²) in [7, 11) is 0. The van der Waals surface area contributed by atoms with Crippen molar-refractivity contribution in [2.45, 2.75) is 44.5 Å². The van der Waals surface area contributed by atoms with Crippen LogP contribution in [-0.4, -0.2) is 14.8 Å². The highest BCUT2D eigenvalue weighted by atomic mass is 35.5. The van der Waals surface area contributed by atoms with Crippen LogP contribution in [0.25, 0.3) is 0 Å². The minimum absolute atomic E-state index is 0.437. The summed E-state index contributed by atoms with van der Waals surface area (Å²) in [6, 6.07) is 8.67. The minimum atomic E-state index is 0.437. The predicted octanol–water partition coefficient (Wildman–Crippen LogP) is 3.31. The lowest BCUT2D eigenvalue weighted by Crippen LogP contribution is -2.11. The van der Waals surface area contributed by atoms with Gasteiger partial charge in [0.1, 0.15) is 11.6 Å². The molecule has 4 heteroatoms. The van der Waals surface area contributed by atoms with Gasteiger partial charge in [-0.1, -0.05) is 31.2 Å². The van der Waals surface area contributed by atoms with Crippen LogP contribution in [0.3, 0.4) is 0 Å². The number of halogens is 1. The average molecular weight is 276 g/mol. The van der Waals surface area contributed by atoms with Crippen molar-refractivity contribution in [2.24, 2.45) is 0 Å². The molecule has 1 aliphatic rings. The number of nitrogens with zero attached hydrogens (tertiary/aromatic N) is 3. The van der Waals surface area contributed by atoms with E-state index in [-0.39, 0.29) is 0 Å². The number of aromatic nitrogens is 3. The van der Waals surface area contributed by atoms with E-state index in [4.69, 9.17) is 11.6 Å². The van der Waals surface area contributed by atoms with Gasteiger partial charge in [0.05, 0.1) is 5.88 Å². The molecule has 0 atom stereocenters. The van der Waals surface area contributed by atoms with Crippen molar-refractivity contribution in [3.63, 3.8) is 0 Å². The molecule has 19 heavy (non-hydrogen) atoms. The second-order valence-electron chi connectivity index (χ2n) is 5.13. The van der Waals surface area contributed by atoms with Gasteiger partial charge < -0.3 is 4.57 Å². The third-order valence-corrected chi connectivity index (χ3v) is 4.08. The Balaban J connectivity index is 1.90. The highest BCUT2D eigenvalue weighted by molar-refractivity contribution is 6.16. The molecule has 1 aromatic heterocycles. The van der Waals surface area contributed by atoms with Gasteiger partial charge >= 0.3 is 0 Å². The van der Waals surface area contributed by atoms with Crippen LogP contribution in [0, 0.1) is 0 Å². The summed E-state index contributed by atoms with van der Waals surface area (Å²) in [5.41, 5.74) is 2.90. The van der Waals surface area contributed by atoms with Gasteiger partial charge in [0, 0.05) is 12.5 Å². The monoisotopic (exact) mass is 275 g/mol. The van der Waals surface area contributed by atoms with Gasteiger partial charge in [0.15, 0.2) is 0 Å². The zero-order valence-corrected chi connectivity index (χ0v) is 11.9. The summed E-state index contributed by atoms with van der Waals surface area (Å²) >= 11 is 5.95. The fraction of sp³-hybridized carbons (Fsp3) is 0.467. The first-order chi connectivity index (χ1) is 9.33. The van der Waals surface area contributed by atoms with E-state index in [1.54, 1.807) is 0 Å². The van der Waals surface area contributed by atoms with Gasteiger partial charge in [-0.15, -0.1) is 21.8 Å². The van der Waals surface area contributed by atoms with Gasteiger partial charge in [-0.05, 0) is 30.4 Å². The molecule has 1 heterocycles. The lowest BCUT2D eigenvalue weighted by atomic mass is 10.1. The molecule has 0 saturated carbocycles. The largest absolute Gasteiger partial charge is 0.314 e. The molecule has 0 amide bonds. The smallest absolute Gasteiger partial charge is 0.147 e. The number of alkyl halides is 1. The van der Waals surface area contributed by atoms with Crippen LogP contribution in [0.4, 0.5) is 0 Å². The summed E-state index contributed by atoms with van der Waals surface area (Å²) in [5.74, 6) is 2.89.